The molecule has 4 rings (SSSR count). The van der Waals surface area contributed by atoms with Gasteiger partial charge in [0.25, 0.3) is 5.56 Å². The van der Waals surface area contributed by atoms with Crippen molar-refractivity contribution >= 4 is 39.9 Å². The maximum absolute atomic E-state index is 13.1. The van der Waals surface area contributed by atoms with Crippen LogP contribution < -0.4 is 10.9 Å². The Morgan fingerprint density at radius 1 is 1.31 bits per heavy atom. The van der Waals surface area contributed by atoms with E-state index in [1.54, 1.807) is 10.9 Å². The van der Waals surface area contributed by atoms with Gasteiger partial charge in [0.15, 0.2) is 0 Å². The minimum atomic E-state index is -0.0806. The first kappa shape index (κ1) is 21.5. The van der Waals surface area contributed by atoms with E-state index in [9.17, 15) is 9.59 Å². The molecule has 1 saturated heterocycles. The largest absolute Gasteiger partial charge is 0.337 e. The SMILES string of the molecule is Cc1ccc(-c2csc3ncn(CCC(=O)N4CCNC[C@H]4C)c(=O)c23)cc1.Cl. The summed E-state index contributed by atoms with van der Waals surface area (Å²) >= 11 is 1.48. The van der Waals surface area contributed by atoms with Crippen molar-refractivity contribution in [3.8, 4) is 11.1 Å². The lowest BCUT2D eigenvalue weighted by Crippen LogP contribution is -2.52. The van der Waals surface area contributed by atoms with E-state index in [1.807, 2.05) is 48.4 Å². The summed E-state index contributed by atoms with van der Waals surface area (Å²) in [5.41, 5.74) is 3.02. The maximum Gasteiger partial charge on any atom is 0.262 e. The molecular formula is C21H25ClN4O2S. The second kappa shape index (κ2) is 9.07. The number of nitrogens with one attached hydrogen (secondary N) is 1. The Kier molecular flexibility index (Phi) is 6.72. The van der Waals surface area contributed by atoms with Gasteiger partial charge in [-0.3, -0.25) is 14.2 Å². The number of nitrogens with zero attached hydrogens (tertiary/aromatic N) is 3. The van der Waals surface area contributed by atoms with Crippen LogP contribution in [-0.2, 0) is 11.3 Å². The molecular weight excluding hydrogens is 408 g/mol. The van der Waals surface area contributed by atoms with Crippen LogP contribution in [0.5, 0.6) is 0 Å². The van der Waals surface area contributed by atoms with Crippen LogP contribution in [0.2, 0.25) is 0 Å². The van der Waals surface area contributed by atoms with Crippen molar-refractivity contribution in [2.75, 3.05) is 19.6 Å². The Morgan fingerprint density at radius 3 is 2.79 bits per heavy atom. The highest BCUT2D eigenvalue weighted by Crippen LogP contribution is 2.30. The molecule has 1 aliphatic rings. The van der Waals surface area contributed by atoms with Gasteiger partial charge in [-0.05, 0) is 19.4 Å². The van der Waals surface area contributed by atoms with E-state index < -0.39 is 0 Å². The number of piperazine rings is 1. The van der Waals surface area contributed by atoms with E-state index in [4.69, 9.17) is 0 Å². The fourth-order valence-electron chi connectivity index (χ4n) is 3.64. The minimum Gasteiger partial charge on any atom is -0.337 e. The van der Waals surface area contributed by atoms with Gasteiger partial charge in [0, 0.05) is 49.6 Å². The van der Waals surface area contributed by atoms with Crippen molar-refractivity contribution in [3.05, 3.63) is 51.9 Å². The molecule has 2 aromatic heterocycles. The van der Waals surface area contributed by atoms with Crippen LogP contribution in [0.4, 0.5) is 0 Å². The summed E-state index contributed by atoms with van der Waals surface area (Å²) in [6.07, 6.45) is 1.87. The number of aryl methyl sites for hydroxylation is 2. The minimum absolute atomic E-state index is 0. The fraction of sp³-hybridized carbons (Fsp3) is 0.381. The molecule has 1 fully saturated rings. The number of thiophene rings is 1. The van der Waals surface area contributed by atoms with Crippen LogP contribution >= 0.6 is 23.7 Å². The number of carbonyl (C=O) groups excluding carboxylic acids is 1. The van der Waals surface area contributed by atoms with Gasteiger partial charge < -0.3 is 10.2 Å². The molecule has 1 aromatic carbocycles. The predicted molar refractivity (Wildman–Crippen MR) is 120 cm³/mol. The van der Waals surface area contributed by atoms with Crippen molar-refractivity contribution in [1.29, 1.82) is 0 Å². The van der Waals surface area contributed by atoms with Crippen LogP contribution in [0, 0.1) is 6.92 Å². The van der Waals surface area contributed by atoms with Gasteiger partial charge in [-0.2, -0.15) is 0 Å². The first-order valence-corrected chi connectivity index (χ1v) is 10.5. The molecule has 3 aromatic rings. The molecule has 1 aliphatic heterocycles. The number of benzene rings is 1. The van der Waals surface area contributed by atoms with E-state index in [-0.39, 0.29) is 29.9 Å². The van der Waals surface area contributed by atoms with Gasteiger partial charge in [0.2, 0.25) is 5.91 Å². The number of amides is 1. The van der Waals surface area contributed by atoms with Crippen LogP contribution in [-0.4, -0.2) is 46.0 Å². The van der Waals surface area contributed by atoms with Crippen molar-refractivity contribution in [2.24, 2.45) is 0 Å². The highest BCUT2D eigenvalue weighted by atomic mass is 35.5. The van der Waals surface area contributed by atoms with Crippen LogP contribution in [0.25, 0.3) is 21.3 Å². The van der Waals surface area contributed by atoms with Gasteiger partial charge in [0.05, 0.1) is 11.7 Å². The first-order valence-electron chi connectivity index (χ1n) is 9.58. The lowest BCUT2D eigenvalue weighted by Gasteiger charge is -2.34. The summed E-state index contributed by atoms with van der Waals surface area (Å²) < 4.78 is 1.57. The molecule has 154 valence electrons. The maximum atomic E-state index is 13.1. The first-order chi connectivity index (χ1) is 13.5. The number of hydrogen-bond acceptors (Lipinski definition) is 5. The molecule has 1 amide bonds. The van der Waals surface area contributed by atoms with Gasteiger partial charge in [-0.15, -0.1) is 23.7 Å². The second-order valence-electron chi connectivity index (χ2n) is 7.33. The van der Waals surface area contributed by atoms with E-state index in [1.165, 1.54) is 16.9 Å². The quantitative estimate of drug-likeness (QED) is 0.688. The Morgan fingerprint density at radius 2 is 2.07 bits per heavy atom. The third-order valence-electron chi connectivity index (χ3n) is 5.31. The number of rotatable bonds is 4. The molecule has 6 nitrogen and oxygen atoms in total. The van der Waals surface area contributed by atoms with E-state index in [0.717, 1.165) is 29.0 Å². The summed E-state index contributed by atoms with van der Waals surface area (Å²) in [6.45, 7) is 6.78. The molecule has 1 atom stereocenters. The van der Waals surface area contributed by atoms with E-state index in [0.29, 0.717) is 24.9 Å². The number of aromatic nitrogens is 2. The zero-order valence-electron chi connectivity index (χ0n) is 16.6. The van der Waals surface area contributed by atoms with Crippen molar-refractivity contribution in [3.63, 3.8) is 0 Å². The van der Waals surface area contributed by atoms with Crippen molar-refractivity contribution in [1.82, 2.24) is 19.8 Å². The summed E-state index contributed by atoms with van der Waals surface area (Å²) in [5.74, 6) is 0.0880. The molecule has 0 bridgehead atoms. The number of carbonyl (C=O) groups is 1. The molecule has 0 spiro atoms. The molecule has 29 heavy (non-hydrogen) atoms. The molecule has 0 saturated carbocycles. The molecule has 3 heterocycles. The third-order valence-corrected chi connectivity index (χ3v) is 6.20. The van der Waals surface area contributed by atoms with Gasteiger partial charge in [0.1, 0.15) is 4.83 Å². The summed E-state index contributed by atoms with van der Waals surface area (Å²) in [7, 11) is 0. The summed E-state index contributed by atoms with van der Waals surface area (Å²) in [6, 6.07) is 8.33. The highest BCUT2D eigenvalue weighted by molar-refractivity contribution is 7.17. The summed E-state index contributed by atoms with van der Waals surface area (Å²) in [4.78, 5) is 32.8. The van der Waals surface area contributed by atoms with Crippen LogP contribution in [0.1, 0.15) is 18.9 Å². The number of fused-ring (bicyclic) bond motifs is 1. The molecule has 1 N–H and O–H groups in total. The average Bonchev–Trinajstić information content (AvgIpc) is 3.13. The average molecular weight is 433 g/mol. The Labute approximate surface area is 180 Å². The second-order valence-corrected chi connectivity index (χ2v) is 8.19. The highest BCUT2D eigenvalue weighted by Gasteiger charge is 2.23. The molecule has 0 unspecified atom stereocenters. The zero-order valence-corrected chi connectivity index (χ0v) is 18.2. The molecule has 0 aliphatic carbocycles. The topological polar surface area (TPSA) is 67.2 Å². The van der Waals surface area contributed by atoms with Crippen molar-refractivity contribution < 1.29 is 4.79 Å². The predicted octanol–water partition coefficient (Wildman–Crippen LogP) is 3.07. The van der Waals surface area contributed by atoms with Crippen LogP contribution in [0.15, 0.2) is 40.8 Å². The Hall–Kier alpha value is -2.22. The third kappa shape index (κ3) is 4.37. The number of halogens is 1. The van der Waals surface area contributed by atoms with Gasteiger partial charge in [-0.1, -0.05) is 29.8 Å². The number of hydrogen-bond donors (Lipinski definition) is 1. The molecule has 8 heteroatoms. The lowest BCUT2D eigenvalue weighted by molar-refractivity contribution is -0.134. The van der Waals surface area contributed by atoms with Gasteiger partial charge in [-0.25, -0.2) is 4.98 Å². The summed E-state index contributed by atoms with van der Waals surface area (Å²) in [5, 5.41) is 5.91. The standard InChI is InChI=1S/C21H24N4O2S.ClH/c1-14-3-5-16(6-4-14)17-12-28-20-19(17)21(27)24(13-23-20)9-7-18(26)25-10-8-22-11-15(25)2;/h3-6,12-13,15,22H,7-11H2,1-2H3;1H/t15-;/m1./s1. The normalized spacial score (nSPS) is 16.6. The fourth-order valence-corrected chi connectivity index (χ4v) is 4.55. The van der Waals surface area contributed by atoms with Crippen molar-refractivity contribution in [2.45, 2.75) is 32.9 Å². The van der Waals surface area contributed by atoms with Crippen LogP contribution in [0.3, 0.4) is 0 Å². The molecule has 0 radical (unpaired) electrons. The Balaban J connectivity index is 0.00000240. The Bertz CT molecular complexity index is 1060. The van der Waals surface area contributed by atoms with Gasteiger partial charge >= 0.3 is 0 Å². The monoisotopic (exact) mass is 432 g/mol. The van der Waals surface area contributed by atoms with E-state index >= 15 is 0 Å². The lowest BCUT2D eigenvalue weighted by atomic mass is 10.1. The smallest absolute Gasteiger partial charge is 0.262 e. The van der Waals surface area contributed by atoms with E-state index in [2.05, 4.69) is 10.3 Å². The zero-order chi connectivity index (χ0) is 19.7.